The lowest BCUT2D eigenvalue weighted by Crippen LogP contribution is -1.84. The van der Waals surface area contributed by atoms with E-state index in [2.05, 4.69) is 28.6 Å². The Morgan fingerprint density at radius 2 is 2.07 bits per heavy atom. The third kappa shape index (κ3) is 1.68. The average molecular weight is 295 g/mol. The summed E-state index contributed by atoms with van der Waals surface area (Å²) in [6.45, 7) is 0. The highest BCUT2D eigenvalue weighted by atomic mass is 79.9. The van der Waals surface area contributed by atoms with Crippen molar-refractivity contribution in [3.8, 4) is 0 Å². The first-order chi connectivity index (χ1) is 6.59. The lowest BCUT2D eigenvalue weighted by atomic mass is 10.1. The second-order valence-corrected chi connectivity index (χ2v) is 5.68. The Hall–Kier alpha value is -0.130. The maximum absolute atomic E-state index is 12.6. The molecule has 0 spiro atoms. The number of thiol groups is 1. The molecule has 1 heterocycles. The maximum Gasteiger partial charge on any atom is 0.264 e. The monoisotopic (exact) mass is 294 g/mol. The molecule has 1 aromatic carbocycles. The van der Waals surface area contributed by atoms with Crippen molar-refractivity contribution in [3.63, 3.8) is 0 Å². The molecule has 0 aliphatic heterocycles. The fourth-order valence-electron chi connectivity index (χ4n) is 1.29. The molecule has 5 heteroatoms. The molecule has 0 N–H and O–H groups in total. The Morgan fingerprint density at radius 3 is 2.71 bits per heavy atom. The van der Waals surface area contributed by atoms with Gasteiger partial charge in [-0.1, -0.05) is 6.07 Å². The topological polar surface area (TPSA) is 0 Å². The van der Waals surface area contributed by atoms with E-state index in [-0.39, 0.29) is 5.56 Å². The van der Waals surface area contributed by atoms with Crippen LogP contribution in [0.4, 0.5) is 8.78 Å². The summed E-state index contributed by atoms with van der Waals surface area (Å²) in [6, 6.07) is 4.74. The van der Waals surface area contributed by atoms with Gasteiger partial charge in [0.15, 0.2) is 0 Å². The van der Waals surface area contributed by atoms with E-state index < -0.39 is 6.43 Å². The Morgan fingerprint density at radius 1 is 1.36 bits per heavy atom. The van der Waals surface area contributed by atoms with E-state index in [1.807, 2.05) is 0 Å². The Kier molecular flexibility index (Phi) is 2.81. The molecule has 0 saturated carbocycles. The molecule has 0 aliphatic rings. The number of halogens is 3. The first kappa shape index (κ1) is 10.4. The smallest absolute Gasteiger partial charge is 0.205 e. The van der Waals surface area contributed by atoms with Crippen LogP contribution in [-0.2, 0) is 0 Å². The number of thiophene rings is 1. The fourth-order valence-corrected chi connectivity index (χ4v) is 3.17. The van der Waals surface area contributed by atoms with Crippen LogP contribution >= 0.6 is 39.9 Å². The van der Waals surface area contributed by atoms with E-state index in [0.717, 1.165) is 13.4 Å². The van der Waals surface area contributed by atoms with E-state index in [4.69, 9.17) is 0 Å². The molecule has 0 bridgehead atoms. The molecule has 0 atom stereocenters. The zero-order chi connectivity index (χ0) is 10.3. The molecule has 2 aromatic rings. The minimum atomic E-state index is -2.44. The number of hydrogen-bond acceptors (Lipinski definition) is 2. The molecule has 74 valence electrons. The number of benzene rings is 1. The van der Waals surface area contributed by atoms with Crippen LogP contribution in [0.2, 0.25) is 0 Å². The predicted molar refractivity (Wildman–Crippen MR) is 61.7 cm³/mol. The van der Waals surface area contributed by atoms with Crippen LogP contribution in [0, 0.1) is 0 Å². The average Bonchev–Trinajstić information content (AvgIpc) is 2.47. The molecule has 0 saturated heterocycles. The number of fused-ring (bicyclic) bond motifs is 1. The second kappa shape index (κ2) is 3.79. The molecule has 0 aliphatic carbocycles. The third-order valence-electron chi connectivity index (χ3n) is 1.90. The standard InChI is InChI=1S/C9H5BrF2S2/c10-7-3-5-4(9(11)12)1-2-6(13)8(5)14-7/h1-3,9,13H. The van der Waals surface area contributed by atoms with Crippen molar-refractivity contribution in [3.05, 3.63) is 27.5 Å². The van der Waals surface area contributed by atoms with Crippen LogP contribution in [-0.4, -0.2) is 0 Å². The van der Waals surface area contributed by atoms with E-state index in [1.54, 1.807) is 12.1 Å². The van der Waals surface area contributed by atoms with Crippen molar-refractivity contribution in [1.82, 2.24) is 0 Å². The Labute approximate surface area is 97.5 Å². The summed E-state index contributed by atoms with van der Waals surface area (Å²) < 4.78 is 26.9. The molecule has 0 unspecified atom stereocenters. The lowest BCUT2D eigenvalue weighted by molar-refractivity contribution is 0.153. The first-order valence-electron chi connectivity index (χ1n) is 3.78. The van der Waals surface area contributed by atoms with E-state index in [0.29, 0.717) is 5.39 Å². The quantitative estimate of drug-likeness (QED) is 0.711. The van der Waals surface area contributed by atoms with Crippen molar-refractivity contribution in [2.24, 2.45) is 0 Å². The van der Waals surface area contributed by atoms with E-state index in [1.165, 1.54) is 17.4 Å². The van der Waals surface area contributed by atoms with Crippen LogP contribution in [0.1, 0.15) is 12.0 Å². The van der Waals surface area contributed by atoms with Gasteiger partial charge in [0.2, 0.25) is 0 Å². The largest absolute Gasteiger partial charge is 0.264 e. The summed E-state index contributed by atoms with van der Waals surface area (Å²) in [7, 11) is 0. The molecular formula is C9H5BrF2S2. The van der Waals surface area contributed by atoms with Crippen LogP contribution < -0.4 is 0 Å². The van der Waals surface area contributed by atoms with Gasteiger partial charge in [0.25, 0.3) is 6.43 Å². The van der Waals surface area contributed by atoms with Gasteiger partial charge in [-0.15, -0.1) is 24.0 Å². The van der Waals surface area contributed by atoms with Crippen molar-refractivity contribution in [2.45, 2.75) is 11.3 Å². The summed E-state index contributed by atoms with van der Waals surface area (Å²) in [4.78, 5) is 0.736. The molecular weight excluding hydrogens is 290 g/mol. The Bertz CT molecular complexity index is 479. The van der Waals surface area contributed by atoms with Gasteiger partial charge in [-0.3, -0.25) is 0 Å². The lowest BCUT2D eigenvalue weighted by Gasteiger charge is -2.02. The van der Waals surface area contributed by atoms with Crippen LogP contribution in [0.15, 0.2) is 26.9 Å². The first-order valence-corrected chi connectivity index (χ1v) is 5.84. The Balaban J connectivity index is 2.81. The highest BCUT2D eigenvalue weighted by Gasteiger charge is 2.14. The van der Waals surface area contributed by atoms with Gasteiger partial charge in [-0.2, -0.15) is 0 Å². The fraction of sp³-hybridized carbons (Fsp3) is 0.111. The summed E-state index contributed by atoms with van der Waals surface area (Å²) in [6.07, 6.45) is -2.44. The number of alkyl halides is 2. The van der Waals surface area contributed by atoms with Crippen molar-refractivity contribution >= 4 is 50.0 Å². The van der Waals surface area contributed by atoms with Crippen molar-refractivity contribution in [2.75, 3.05) is 0 Å². The van der Waals surface area contributed by atoms with Crippen LogP contribution in [0.5, 0.6) is 0 Å². The SMILES string of the molecule is FC(F)c1ccc(S)c2sc(Br)cc12. The molecule has 0 amide bonds. The molecule has 0 radical (unpaired) electrons. The molecule has 0 nitrogen and oxygen atoms in total. The van der Waals surface area contributed by atoms with Gasteiger partial charge in [-0.05, 0) is 28.1 Å². The molecule has 0 fully saturated rings. The van der Waals surface area contributed by atoms with E-state index in [9.17, 15) is 8.78 Å². The number of hydrogen-bond donors (Lipinski definition) is 1. The number of rotatable bonds is 1. The molecule has 1 aromatic heterocycles. The van der Waals surface area contributed by atoms with Gasteiger partial charge in [-0.25, -0.2) is 8.78 Å². The highest BCUT2D eigenvalue weighted by Crippen LogP contribution is 2.38. The van der Waals surface area contributed by atoms with Crippen LogP contribution in [0.3, 0.4) is 0 Å². The summed E-state index contributed by atoms with van der Waals surface area (Å²) >= 11 is 8.92. The zero-order valence-electron chi connectivity index (χ0n) is 6.80. The second-order valence-electron chi connectivity index (χ2n) is 2.77. The van der Waals surface area contributed by atoms with Gasteiger partial charge < -0.3 is 0 Å². The van der Waals surface area contributed by atoms with Gasteiger partial charge in [0.05, 0.1) is 3.79 Å². The van der Waals surface area contributed by atoms with E-state index >= 15 is 0 Å². The normalized spacial score (nSPS) is 11.5. The van der Waals surface area contributed by atoms with Gasteiger partial charge in [0.1, 0.15) is 0 Å². The van der Waals surface area contributed by atoms with Gasteiger partial charge in [0, 0.05) is 20.5 Å². The summed E-state index contributed by atoms with van der Waals surface area (Å²) in [5.74, 6) is 0. The zero-order valence-corrected chi connectivity index (χ0v) is 10.1. The predicted octanol–water partition coefficient (Wildman–Crippen LogP) is 4.89. The minimum Gasteiger partial charge on any atom is -0.205 e. The molecule has 2 rings (SSSR count). The summed E-state index contributed by atoms with van der Waals surface area (Å²) in [5, 5.41) is 0.587. The molecule has 14 heavy (non-hydrogen) atoms. The van der Waals surface area contributed by atoms with Crippen LogP contribution in [0.25, 0.3) is 10.1 Å². The third-order valence-corrected chi connectivity index (χ3v) is 4.10. The summed E-state index contributed by atoms with van der Waals surface area (Å²) in [5.41, 5.74) is 0.0692. The highest BCUT2D eigenvalue weighted by molar-refractivity contribution is 9.11. The van der Waals surface area contributed by atoms with Crippen molar-refractivity contribution < 1.29 is 8.78 Å². The van der Waals surface area contributed by atoms with Crippen molar-refractivity contribution in [1.29, 1.82) is 0 Å². The van der Waals surface area contributed by atoms with Gasteiger partial charge >= 0.3 is 0 Å². The maximum atomic E-state index is 12.6. The minimum absolute atomic E-state index is 0.0692.